The first-order chi connectivity index (χ1) is 22.3. The molecule has 0 spiro atoms. The van der Waals surface area contributed by atoms with E-state index < -0.39 is 11.3 Å². The molecule has 2 aromatic carbocycles. The standard InChI is InChI=1S/C37H32N4O5/c1-6-40(5)29-13-9-24-17-26(36(42)45-34(24)21-29)11-15-31-19-28(33(23-38)39-4)20-32(44-31)16-12-27-18-25-10-14-30(41(7-2)8-3)22-35(25)46-37(27)43/h9-22H,6-8H2,1-3,5H3/b15-11+,16-12+,33-28+. The Morgan fingerprint density at radius 1 is 0.804 bits per heavy atom. The summed E-state index contributed by atoms with van der Waals surface area (Å²) >= 11 is 0. The average Bonchev–Trinajstić information content (AvgIpc) is 3.06. The summed E-state index contributed by atoms with van der Waals surface area (Å²) in [7, 11) is 1.96. The Labute approximate surface area is 266 Å². The van der Waals surface area contributed by atoms with E-state index in [1.807, 2.05) is 61.3 Å². The van der Waals surface area contributed by atoms with Gasteiger partial charge in [0.05, 0.1) is 23.8 Å². The Morgan fingerprint density at radius 2 is 1.33 bits per heavy atom. The molecule has 230 valence electrons. The lowest BCUT2D eigenvalue weighted by atomic mass is 10.1. The highest BCUT2D eigenvalue weighted by molar-refractivity contribution is 5.83. The molecule has 2 aromatic heterocycles. The fraction of sp³-hybridized carbons (Fsp3) is 0.189. The van der Waals surface area contributed by atoms with Gasteiger partial charge < -0.3 is 23.4 Å². The number of hydrogen-bond donors (Lipinski definition) is 0. The summed E-state index contributed by atoms with van der Waals surface area (Å²) in [5.74, 6) is 0.561. The van der Waals surface area contributed by atoms with E-state index in [1.54, 1.807) is 42.5 Å². The summed E-state index contributed by atoms with van der Waals surface area (Å²) < 4.78 is 17.2. The summed E-state index contributed by atoms with van der Waals surface area (Å²) in [5.41, 5.74) is 2.64. The van der Waals surface area contributed by atoms with Crippen molar-refractivity contribution in [1.82, 2.24) is 0 Å². The first kappa shape index (κ1) is 31.4. The van der Waals surface area contributed by atoms with E-state index in [9.17, 15) is 14.9 Å². The first-order valence-electron chi connectivity index (χ1n) is 14.9. The van der Waals surface area contributed by atoms with Crippen molar-refractivity contribution in [3.63, 3.8) is 0 Å². The van der Waals surface area contributed by atoms with E-state index in [0.717, 1.165) is 41.8 Å². The maximum atomic E-state index is 12.9. The summed E-state index contributed by atoms with van der Waals surface area (Å²) in [6.07, 6.45) is 9.33. The third-order valence-electron chi connectivity index (χ3n) is 7.71. The van der Waals surface area contributed by atoms with Crippen LogP contribution in [0.2, 0.25) is 0 Å². The second kappa shape index (κ2) is 13.7. The molecule has 0 unspecified atom stereocenters. The van der Waals surface area contributed by atoms with Gasteiger partial charge in [-0.1, -0.05) is 0 Å². The number of hydrogen-bond acceptors (Lipinski definition) is 8. The van der Waals surface area contributed by atoms with Gasteiger partial charge >= 0.3 is 11.3 Å². The number of anilines is 2. The normalized spacial score (nSPS) is 14.1. The van der Waals surface area contributed by atoms with Gasteiger partial charge in [-0.3, -0.25) is 0 Å². The summed E-state index contributed by atoms with van der Waals surface area (Å²) in [5, 5.41) is 11.0. The van der Waals surface area contributed by atoms with Crippen molar-refractivity contribution in [2.45, 2.75) is 20.8 Å². The number of benzene rings is 2. The van der Waals surface area contributed by atoms with Crippen LogP contribution in [-0.2, 0) is 4.74 Å². The Hall–Kier alpha value is -6.06. The molecule has 9 heteroatoms. The minimum Gasteiger partial charge on any atom is -0.457 e. The predicted molar refractivity (Wildman–Crippen MR) is 182 cm³/mol. The van der Waals surface area contributed by atoms with Gasteiger partial charge in [-0.25, -0.2) is 19.7 Å². The molecule has 0 N–H and O–H groups in total. The number of rotatable bonds is 9. The van der Waals surface area contributed by atoms with Gasteiger partial charge in [0, 0.05) is 61.0 Å². The van der Waals surface area contributed by atoms with Gasteiger partial charge in [0.2, 0.25) is 0 Å². The molecule has 0 saturated carbocycles. The zero-order valence-corrected chi connectivity index (χ0v) is 26.0. The second-order valence-corrected chi connectivity index (χ2v) is 10.5. The molecule has 0 amide bonds. The third kappa shape index (κ3) is 6.69. The molecule has 3 heterocycles. The van der Waals surface area contributed by atoms with E-state index in [2.05, 4.69) is 23.6 Å². The highest BCUT2D eigenvalue weighted by atomic mass is 16.5. The van der Waals surface area contributed by atoms with Gasteiger partial charge in [0.1, 0.15) is 22.7 Å². The van der Waals surface area contributed by atoms with Crippen LogP contribution in [0.15, 0.2) is 114 Å². The lowest BCUT2D eigenvalue weighted by Gasteiger charge is -2.20. The van der Waals surface area contributed by atoms with Crippen LogP contribution in [0.1, 0.15) is 31.9 Å². The van der Waals surface area contributed by atoms with Gasteiger partial charge in [0.15, 0.2) is 0 Å². The number of fused-ring (bicyclic) bond motifs is 2. The minimum atomic E-state index is -0.519. The van der Waals surface area contributed by atoms with Gasteiger partial charge in [-0.05, 0) is 99.2 Å². The molecular weight excluding hydrogens is 580 g/mol. The molecule has 0 bridgehead atoms. The summed E-state index contributed by atoms with van der Waals surface area (Å²) in [4.78, 5) is 33.2. The Morgan fingerprint density at radius 3 is 1.80 bits per heavy atom. The highest BCUT2D eigenvalue weighted by Crippen LogP contribution is 2.27. The van der Waals surface area contributed by atoms with Crippen LogP contribution in [0.25, 0.3) is 38.9 Å². The largest absolute Gasteiger partial charge is 0.457 e. The molecule has 0 saturated heterocycles. The Balaban J connectivity index is 1.44. The minimum absolute atomic E-state index is 0.132. The van der Waals surface area contributed by atoms with Crippen molar-refractivity contribution in [2.75, 3.05) is 36.5 Å². The molecule has 46 heavy (non-hydrogen) atoms. The van der Waals surface area contributed by atoms with Crippen molar-refractivity contribution in [1.29, 1.82) is 5.26 Å². The topological polar surface area (TPSA) is 104 Å². The van der Waals surface area contributed by atoms with E-state index in [-0.39, 0.29) is 17.2 Å². The van der Waals surface area contributed by atoms with Crippen LogP contribution in [-0.4, -0.2) is 26.7 Å². The van der Waals surface area contributed by atoms with E-state index in [4.69, 9.17) is 20.1 Å². The van der Waals surface area contributed by atoms with E-state index in [0.29, 0.717) is 27.9 Å². The van der Waals surface area contributed by atoms with Crippen LogP contribution in [0, 0.1) is 17.9 Å². The SMILES string of the molecule is [C-]#[N+]/C(C#N)=C1C=C(/C=C/c2cc3ccc(N(C)CC)cc3oc2=O)OC(/C=C/c2cc3ccc(N(CC)CC)cc3oc2=O)=C\1. The zero-order valence-electron chi connectivity index (χ0n) is 26.0. The molecule has 0 fully saturated rings. The first-order valence-corrected chi connectivity index (χ1v) is 14.9. The lowest BCUT2D eigenvalue weighted by Crippen LogP contribution is -2.21. The molecule has 0 atom stereocenters. The molecule has 4 aromatic rings. The number of nitriles is 1. The molecule has 0 radical (unpaired) electrons. The molecule has 1 aliphatic rings. The van der Waals surface area contributed by atoms with Gasteiger partial charge in [0.25, 0.3) is 5.70 Å². The van der Waals surface area contributed by atoms with Crippen molar-refractivity contribution in [3.8, 4) is 6.07 Å². The van der Waals surface area contributed by atoms with Crippen molar-refractivity contribution in [3.05, 3.63) is 139 Å². The second-order valence-electron chi connectivity index (χ2n) is 10.5. The Kier molecular flexibility index (Phi) is 9.35. The maximum absolute atomic E-state index is 12.9. The van der Waals surface area contributed by atoms with Gasteiger partial charge in [-0.15, -0.1) is 0 Å². The monoisotopic (exact) mass is 612 g/mol. The van der Waals surface area contributed by atoms with E-state index in [1.165, 1.54) is 6.08 Å². The van der Waals surface area contributed by atoms with Crippen LogP contribution < -0.4 is 21.1 Å². The highest BCUT2D eigenvalue weighted by Gasteiger charge is 2.14. The molecular formula is C37H32N4O5. The predicted octanol–water partition coefficient (Wildman–Crippen LogP) is 7.42. The Bertz CT molecular complexity index is 2160. The number of nitrogens with zero attached hydrogens (tertiary/aromatic N) is 4. The third-order valence-corrected chi connectivity index (χ3v) is 7.71. The van der Waals surface area contributed by atoms with Crippen molar-refractivity contribution in [2.24, 2.45) is 0 Å². The molecule has 0 aliphatic carbocycles. The van der Waals surface area contributed by atoms with Crippen LogP contribution in [0.4, 0.5) is 11.4 Å². The van der Waals surface area contributed by atoms with E-state index >= 15 is 0 Å². The number of ether oxygens (including phenoxy) is 1. The average molecular weight is 613 g/mol. The van der Waals surface area contributed by atoms with Gasteiger partial charge in [-0.2, -0.15) is 0 Å². The van der Waals surface area contributed by atoms with Crippen molar-refractivity contribution < 1.29 is 13.6 Å². The number of allylic oxidation sites excluding steroid dienone is 6. The molecule has 9 nitrogen and oxygen atoms in total. The maximum Gasteiger partial charge on any atom is 0.343 e. The molecule has 1 aliphatic heterocycles. The zero-order chi connectivity index (χ0) is 32.8. The quantitative estimate of drug-likeness (QED) is 0.109. The summed E-state index contributed by atoms with van der Waals surface area (Å²) in [6.45, 7) is 16.1. The lowest BCUT2D eigenvalue weighted by molar-refractivity contribution is 0.332. The van der Waals surface area contributed by atoms with Crippen LogP contribution in [0.3, 0.4) is 0 Å². The van der Waals surface area contributed by atoms with Crippen LogP contribution in [0.5, 0.6) is 0 Å². The van der Waals surface area contributed by atoms with Crippen LogP contribution >= 0.6 is 0 Å². The van der Waals surface area contributed by atoms with Crippen molar-refractivity contribution >= 4 is 45.5 Å². The fourth-order valence-corrected chi connectivity index (χ4v) is 5.01. The molecule has 5 rings (SSSR count). The smallest absolute Gasteiger partial charge is 0.343 e. The summed E-state index contributed by atoms with van der Waals surface area (Å²) in [6, 6.07) is 16.8. The fourth-order valence-electron chi connectivity index (χ4n) is 5.01.